The number of rotatable bonds is 6. The van der Waals surface area contributed by atoms with Gasteiger partial charge in [-0.1, -0.05) is 13.3 Å². The third kappa shape index (κ3) is 4.40. The summed E-state index contributed by atoms with van der Waals surface area (Å²) in [7, 11) is 1.60. The van der Waals surface area contributed by atoms with Gasteiger partial charge >= 0.3 is 0 Å². The number of carbonyl (C=O) groups is 1. The Kier molecular flexibility index (Phi) is 5.42. The van der Waals surface area contributed by atoms with Gasteiger partial charge in [0.1, 0.15) is 0 Å². The third-order valence-electron chi connectivity index (χ3n) is 2.38. The maximum atomic E-state index is 11.8. The molecule has 1 aromatic heterocycles. The Morgan fingerprint density at radius 1 is 1.59 bits per heavy atom. The van der Waals surface area contributed by atoms with Crippen LogP contribution in [0.25, 0.3) is 0 Å². The Labute approximate surface area is 100 Å². The molecule has 0 saturated heterocycles. The highest BCUT2D eigenvalue weighted by molar-refractivity contribution is 5.94. The lowest BCUT2D eigenvalue weighted by Gasteiger charge is -2.16. The maximum absolute atomic E-state index is 11.8. The van der Waals surface area contributed by atoms with Crippen LogP contribution >= 0.6 is 0 Å². The lowest BCUT2D eigenvalue weighted by molar-refractivity contribution is 0.0891. The lowest BCUT2D eigenvalue weighted by Crippen LogP contribution is -2.38. The first-order chi connectivity index (χ1) is 8.17. The molecule has 0 aromatic carbocycles. The molecular weight excluding hydrogens is 220 g/mol. The predicted molar refractivity (Wildman–Crippen MR) is 65.1 cm³/mol. The Balaban J connectivity index is 2.66. The van der Waals surface area contributed by atoms with Crippen LogP contribution in [0.3, 0.4) is 0 Å². The minimum Gasteiger partial charge on any atom is -0.383 e. The second kappa shape index (κ2) is 6.85. The van der Waals surface area contributed by atoms with Gasteiger partial charge in [0.25, 0.3) is 5.91 Å². The molecule has 5 nitrogen and oxygen atoms in total. The smallest absolute Gasteiger partial charge is 0.251 e. The van der Waals surface area contributed by atoms with Gasteiger partial charge in [-0.2, -0.15) is 0 Å². The van der Waals surface area contributed by atoms with E-state index in [-0.39, 0.29) is 17.5 Å². The number of pyridine rings is 1. The molecule has 0 fully saturated rings. The van der Waals surface area contributed by atoms with Crippen LogP contribution in [0.2, 0.25) is 0 Å². The minimum absolute atomic E-state index is 0.0169. The van der Waals surface area contributed by atoms with Crippen molar-refractivity contribution < 1.29 is 9.53 Å². The highest BCUT2D eigenvalue weighted by Crippen LogP contribution is 2.00. The fourth-order valence-electron chi connectivity index (χ4n) is 1.60. The molecule has 0 aliphatic carbocycles. The largest absolute Gasteiger partial charge is 0.383 e. The summed E-state index contributed by atoms with van der Waals surface area (Å²) in [5.41, 5.74) is 0.0855. The van der Waals surface area contributed by atoms with Crippen molar-refractivity contribution in [1.29, 1.82) is 0 Å². The van der Waals surface area contributed by atoms with E-state index in [1.807, 2.05) is 6.92 Å². The fraction of sp³-hybridized carbons (Fsp3) is 0.500. The molecule has 5 heteroatoms. The van der Waals surface area contributed by atoms with E-state index >= 15 is 0 Å². The number of ether oxygens (including phenoxy) is 1. The first-order valence-electron chi connectivity index (χ1n) is 5.66. The average Bonchev–Trinajstić information content (AvgIpc) is 2.29. The maximum Gasteiger partial charge on any atom is 0.251 e. The van der Waals surface area contributed by atoms with E-state index in [0.717, 1.165) is 12.8 Å². The molecule has 0 aliphatic heterocycles. The summed E-state index contributed by atoms with van der Waals surface area (Å²) in [4.78, 5) is 25.4. The first kappa shape index (κ1) is 13.4. The molecule has 94 valence electrons. The molecule has 1 aromatic rings. The summed E-state index contributed by atoms with van der Waals surface area (Å²) in [6.45, 7) is 2.52. The lowest BCUT2D eigenvalue weighted by atomic mass is 10.1. The molecule has 0 saturated carbocycles. The molecule has 0 radical (unpaired) electrons. The average molecular weight is 238 g/mol. The van der Waals surface area contributed by atoms with E-state index in [0.29, 0.717) is 12.2 Å². The SMILES string of the molecule is CCCC(COC)NC(=O)c1cc[nH]c(=O)c1. The number of hydrogen-bond acceptors (Lipinski definition) is 3. The predicted octanol–water partition coefficient (Wildman–Crippen LogP) is 0.920. The zero-order valence-electron chi connectivity index (χ0n) is 10.2. The Morgan fingerprint density at radius 3 is 2.94 bits per heavy atom. The molecule has 1 amide bonds. The van der Waals surface area contributed by atoms with Crippen molar-refractivity contribution in [3.05, 3.63) is 34.2 Å². The van der Waals surface area contributed by atoms with Crippen LogP contribution in [0.4, 0.5) is 0 Å². The van der Waals surface area contributed by atoms with E-state index in [4.69, 9.17) is 4.74 Å². The van der Waals surface area contributed by atoms with E-state index in [9.17, 15) is 9.59 Å². The number of amides is 1. The molecule has 1 unspecified atom stereocenters. The molecule has 0 aliphatic rings. The molecule has 1 atom stereocenters. The molecule has 17 heavy (non-hydrogen) atoms. The minimum atomic E-state index is -0.281. The van der Waals surface area contributed by atoms with Gasteiger partial charge in [-0.15, -0.1) is 0 Å². The Bertz CT molecular complexity index is 408. The van der Waals surface area contributed by atoms with Crippen molar-refractivity contribution in [3.8, 4) is 0 Å². The van der Waals surface area contributed by atoms with Crippen molar-refractivity contribution in [2.24, 2.45) is 0 Å². The summed E-state index contributed by atoms with van der Waals surface area (Å²) in [6, 6.07) is 2.84. The number of methoxy groups -OCH3 is 1. The van der Waals surface area contributed by atoms with Crippen LogP contribution < -0.4 is 10.9 Å². The summed E-state index contributed by atoms with van der Waals surface area (Å²) in [5.74, 6) is -0.244. The van der Waals surface area contributed by atoms with Gasteiger partial charge in [-0.3, -0.25) is 9.59 Å². The van der Waals surface area contributed by atoms with Crippen LogP contribution in [0.15, 0.2) is 23.1 Å². The zero-order valence-corrected chi connectivity index (χ0v) is 10.2. The monoisotopic (exact) mass is 238 g/mol. The third-order valence-corrected chi connectivity index (χ3v) is 2.38. The number of aromatic nitrogens is 1. The number of carbonyl (C=O) groups excluding carboxylic acids is 1. The second-order valence-corrected chi connectivity index (χ2v) is 3.86. The second-order valence-electron chi connectivity index (χ2n) is 3.86. The highest BCUT2D eigenvalue weighted by atomic mass is 16.5. The van der Waals surface area contributed by atoms with Crippen LogP contribution in [0.5, 0.6) is 0 Å². The molecule has 0 bridgehead atoms. The van der Waals surface area contributed by atoms with Gasteiger partial charge in [-0.05, 0) is 12.5 Å². The van der Waals surface area contributed by atoms with Crippen molar-refractivity contribution in [1.82, 2.24) is 10.3 Å². The van der Waals surface area contributed by atoms with Crippen molar-refractivity contribution in [3.63, 3.8) is 0 Å². The normalized spacial score (nSPS) is 12.1. The van der Waals surface area contributed by atoms with E-state index < -0.39 is 0 Å². The van der Waals surface area contributed by atoms with Crippen LogP contribution in [0.1, 0.15) is 30.1 Å². The molecule has 1 heterocycles. The number of nitrogens with one attached hydrogen (secondary N) is 2. The first-order valence-corrected chi connectivity index (χ1v) is 5.66. The van der Waals surface area contributed by atoms with E-state index in [2.05, 4.69) is 10.3 Å². The number of aromatic amines is 1. The van der Waals surface area contributed by atoms with E-state index in [1.165, 1.54) is 12.3 Å². The van der Waals surface area contributed by atoms with Gasteiger partial charge in [0.05, 0.1) is 12.6 Å². The molecule has 1 rings (SSSR count). The van der Waals surface area contributed by atoms with Gasteiger partial charge < -0.3 is 15.0 Å². The Hall–Kier alpha value is -1.62. The van der Waals surface area contributed by atoms with Crippen LogP contribution in [-0.4, -0.2) is 30.6 Å². The molecular formula is C12H18N2O3. The van der Waals surface area contributed by atoms with Crippen LogP contribution in [0, 0.1) is 0 Å². The van der Waals surface area contributed by atoms with Gasteiger partial charge in [0, 0.05) is 24.9 Å². The van der Waals surface area contributed by atoms with Gasteiger partial charge in [0.2, 0.25) is 5.56 Å². The van der Waals surface area contributed by atoms with Crippen molar-refractivity contribution in [2.45, 2.75) is 25.8 Å². The van der Waals surface area contributed by atoms with Crippen LogP contribution in [-0.2, 0) is 4.74 Å². The summed E-state index contributed by atoms with van der Waals surface area (Å²) in [6.07, 6.45) is 3.27. The molecule has 0 spiro atoms. The highest BCUT2D eigenvalue weighted by Gasteiger charge is 2.12. The number of hydrogen-bond donors (Lipinski definition) is 2. The quantitative estimate of drug-likeness (QED) is 0.774. The fourth-order valence-corrected chi connectivity index (χ4v) is 1.60. The standard InChI is InChI=1S/C12H18N2O3/c1-3-4-10(8-17-2)14-12(16)9-5-6-13-11(15)7-9/h5-7,10H,3-4,8H2,1-2H3,(H,13,15)(H,14,16). The topological polar surface area (TPSA) is 71.2 Å². The number of H-pyrrole nitrogens is 1. The zero-order chi connectivity index (χ0) is 12.7. The summed E-state index contributed by atoms with van der Waals surface area (Å²) >= 11 is 0. The van der Waals surface area contributed by atoms with Crippen molar-refractivity contribution >= 4 is 5.91 Å². The van der Waals surface area contributed by atoms with E-state index in [1.54, 1.807) is 13.2 Å². The summed E-state index contributed by atoms with van der Waals surface area (Å²) < 4.78 is 5.03. The summed E-state index contributed by atoms with van der Waals surface area (Å²) in [5, 5.41) is 2.85. The molecule has 2 N–H and O–H groups in total. The Morgan fingerprint density at radius 2 is 2.35 bits per heavy atom. The van der Waals surface area contributed by atoms with Crippen molar-refractivity contribution in [2.75, 3.05) is 13.7 Å². The van der Waals surface area contributed by atoms with Gasteiger partial charge in [-0.25, -0.2) is 0 Å². The van der Waals surface area contributed by atoms with Gasteiger partial charge in [0.15, 0.2) is 0 Å².